The maximum Gasteiger partial charge on any atom is 0.258 e. The number of nitrogens with zero attached hydrogens (tertiary/aromatic N) is 3. The van der Waals surface area contributed by atoms with Crippen LogP contribution in [0.15, 0.2) is 48.0 Å². The first-order valence-corrected chi connectivity index (χ1v) is 10.9. The predicted octanol–water partition coefficient (Wildman–Crippen LogP) is 2.16. The van der Waals surface area contributed by atoms with Crippen molar-refractivity contribution >= 4 is 21.7 Å². The first kappa shape index (κ1) is 19.8. The van der Waals surface area contributed by atoms with Crippen LogP contribution < -0.4 is 15.0 Å². The zero-order valence-corrected chi connectivity index (χ0v) is 16.4. The highest BCUT2D eigenvalue weighted by Gasteiger charge is 2.21. The number of ether oxygens (including phenoxy) is 1. The van der Waals surface area contributed by atoms with E-state index in [2.05, 4.69) is 15.3 Å². The molecule has 0 atom stereocenters. The number of carbonyl (C=O) groups is 1. The van der Waals surface area contributed by atoms with Crippen molar-refractivity contribution in [3.05, 3.63) is 53.6 Å². The number of hydrogen-bond donors (Lipinski definition) is 1. The van der Waals surface area contributed by atoms with Gasteiger partial charge in [0.25, 0.3) is 5.91 Å². The van der Waals surface area contributed by atoms with Gasteiger partial charge >= 0.3 is 0 Å². The molecule has 2 heterocycles. The topological polar surface area (TPSA) is 101 Å². The Bertz CT molecular complexity index is 955. The number of hydrogen-bond acceptors (Lipinski definition) is 7. The number of rotatable bonds is 7. The molecule has 8 nitrogen and oxygen atoms in total. The number of anilines is 1. The van der Waals surface area contributed by atoms with Crippen LogP contribution in [0.4, 0.5) is 5.95 Å². The highest BCUT2D eigenvalue weighted by atomic mass is 32.2. The van der Waals surface area contributed by atoms with Gasteiger partial charge < -0.3 is 15.0 Å². The Morgan fingerprint density at radius 2 is 1.96 bits per heavy atom. The highest BCUT2D eigenvalue weighted by molar-refractivity contribution is 7.93. The molecule has 0 bridgehead atoms. The summed E-state index contributed by atoms with van der Waals surface area (Å²) in [6, 6.07) is 9.06. The van der Waals surface area contributed by atoms with Crippen molar-refractivity contribution in [3.63, 3.8) is 0 Å². The molecule has 1 fully saturated rings. The van der Waals surface area contributed by atoms with Crippen LogP contribution in [-0.2, 0) is 9.84 Å². The molecule has 0 aliphatic carbocycles. The smallest absolute Gasteiger partial charge is 0.258 e. The van der Waals surface area contributed by atoms with E-state index in [0.29, 0.717) is 11.7 Å². The van der Waals surface area contributed by atoms with E-state index in [1.54, 1.807) is 12.1 Å². The van der Waals surface area contributed by atoms with Gasteiger partial charge in [-0.05, 0) is 25.0 Å². The molecule has 1 aromatic carbocycles. The number of sulfone groups is 1. The van der Waals surface area contributed by atoms with Crippen LogP contribution in [0.2, 0.25) is 0 Å². The van der Waals surface area contributed by atoms with Gasteiger partial charge in [0.15, 0.2) is 9.84 Å². The van der Waals surface area contributed by atoms with Crippen LogP contribution in [0.5, 0.6) is 11.6 Å². The molecular formula is C19H22N4O4S. The third-order valence-corrected chi connectivity index (χ3v) is 4.74. The minimum atomic E-state index is -3.24. The molecule has 1 aliphatic heterocycles. The lowest BCUT2D eigenvalue weighted by molar-refractivity contribution is 0.0954. The molecular weight excluding hydrogens is 380 g/mol. The van der Waals surface area contributed by atoms with Crippen molar-refractivity contribution in [2.45, 2.75) is 12.8 Å². The van der Waals surface area contributed by atoms with E-state index in [0.717, 1.165) is 37.6 Å². The largest absolute Gasteiger partial charge is 0.438 e. The summed E-state index contributed by atoms with van der Waals surface area (Å²) in [5, 5.41) is 3.67. The Morgan fingerprint density at radius 1 is 1.25 bits per heavy atom. The van der Waals surface area contributed by atoms with E-state index in [-0.39, 0.29) is 18.0 Å². The van der Waals surface area contributed by atoms with Crippen molar-refractivity contribution in [1.82, 2.24) is 15.3 Å². The predicted molar refractivity (Wildman–Crippen MR) is 106 cm³/mol. The molecule has 2 aromatic rings. The summed E-state index contributed by atoms with van der Waals surface area (Å²) in [7, 11) is -3.24. The van der Waals surface area contributed by atoms with Crippen molar-refractivity contribution in [2.75, 3.05) is 30.8 Å². The Labute approximate surface area is 164 Å². The van der Waals surface area contributed by atoms with Gasteiger partial charge in [0.1, 0.15) is 11.3 Å². The molecule has 28 heavy (non-hydrogen) atoms. The molecule has 0 saturated carbocycles. The molecule has 1 saturated heterocycles. The molecule has 1 N–H and O–H groups in total. The molecule has 148 valence electrons. The number of benzene rings is 1. The number of aromatic nitrogens is 2. The zero-order chi connectivity index (χ0) is 20.0. The van der Waals surface area contributed by atoms with E-state index in [9.17, 15) is 13.2 Å². The van der Waals surface area contributed by atoms with Crippen LogP contribution in [-0.4, -0.2) is 50.2 Å². The fourth-order valence-corrected chi connectivity index (χ4v) is 3.18. The quantitative estimate of drug-likeness (QED) is 0.757. The van der Waals surface area contributed by atoms with Crippen molar-refractivity contribution in [2.24, 2.45) is 0 Å². The lowest BCUT2D eigenvalue weighted by Crippen LogP contribution is -2.26. The molecule has 0 radical (unpaired) electrons. The van der Waals surface area contributed by atoms with Gasteiger partial charge in [0, 0.05) is 37.5 Å². The molecule has 9 heteroatoms. The van der Waals surface area contributed by atoms with E-state index >= 15 is 0 Å². The molecule has 0 unspecified atom stereocenters. The lowest BCUT2D eigenvalue weighted by atomic mass is 10.3. The number of carbonyl (C=O) groups excluding carboxylic acids is 1. The Balaban J connectivity index is 1.81. The Hall–Kier alpha value is -2.94. The molecule has 1 aromatic heterocycles. The summed E-state index contributed by atoms with van der Waals surface area (Å²) in [6.07, 6.45) is 6.04. The SMILES string of the molecule is CS(=O)(=O)/C=C/CNC(=O)c1cnc(N2CCCC2)nc1Oc1ccccc1. The van der Waals surface area contributed by atoms with Gasteiger partial charge in [-0.3, -0.25) is 4.79 Å². The average Bonchev–Trinajstić information content (AvgIpc) is 3.20. The van der Waals surface area contributed by atoms with Gasteiger partial charge in [0.2, 0.25) is 11.8 Å². The minimum absolute atomic E-state index is 0.0601. The fraction of sp³-hybridized carbons (Fsp3) is 0.316. The van der Waals surface area contributed by atoms with Gasteiger partial charge in [-0.1, -0.05) is 24.3 Å². The lowest BCUT2D eigenvalue weighted by Gasteiger charge is -2.17. The van der Waals surface area contributed by atoms with Gasteiger partial charge in [0.05, 0.1) is 0 Å². The van der Waals surface area contributed by atoms with Gasteiger partial charge in [-0.25, -0.2) is 13.4 Å². The fourth-order valence-electron chi connectivity index (χ4n) is 2.73. The summed E-state index contributed by atoms with van der Waals surface area (Å²) in [4.78, 5) is 23.4. The number of amides is 1. The maximum atomic E-state index is 12.5. The van der Waals surface area contributed by atoms with Crippen molar-refractivity contribution in [3.8, 4) is 11.6 Å². The van der Waals surface area contributed by atoms with Crippen LogP contribution in [0.3, 0.4) is 0 Å². The second kappa shape index (κ2) is 8.83. The summed E-state index contributed by atoms with van der Waals surface area (Å²) in [5.41, 5.74) is 0.180. The minimum Gasteiger partial charge on any atom is -0.438 e. The van der Waals surface area contributed by atoms with Crippen LogP contribution in [0, 0.1) is 0 Å². The second-order valence-electron chi connectivity index (χ2n) is 6.41. The first-order valence-electron chi connectivity index (χ1n) is 8.92. The molecule has 1 amide bonds. The zero-order valence-electron chi connectivity index (χ0n) is 15.5. The van der Waals surface area contributed by atoms with Crippen molar-refractivity contribution < 1.29 is 17.9 Å². The first-order chi connectivity index (χ1) is 13.4. The molecule has 3 rings (SSSR count). The summed E-state index contributed by atoms with van der Waals surface area (Å²) < 4.78 is 28.1. The Morgan fingerprint density at radius 3 is 2.64 bits per heavy atom. The Kier molecular flexibility index (Phi) is 6.25. The van der Waals surface area contributed by atoms with Crippen LogP contribution in [0.25, 0.3) is 0 Å². The van der Waals surface area contributed by atoms with Crippen LogP contribution in [0.1, 0.15) is 23.2 Å². The molecule has 0 spiro atoms. The number of para-hydroxylation sites is 1. The van der Waals surface area contributed by atoms with Crippen molar-refractivity contribution in [1.29, 1.82) is 0 Å². The van der Waals surface area contributed by atoms with E-state index in [1.165, 1.54) is 12.3 Å². The van der Waals surface area contributed by atoms with E-state index < -0.39 is 15.7 Å². The third-order valence-electron chi connectivity index (χ3n) is 4.06. The average molecular weight is 402 g/mol. The highest BCUT2D eigenvalue weighted by Crippen LogP contribution is 2.26. The van der Waals surface area contributed by atoms with Gasteiger partial charge in [-0.15, -0.1) is 0 Å². The summed E-state index contributed by atoms with van der Waals surface area (Å²) in [5.74, 6) is 0.793. The second-order valence-corrected chi connectivity index (χ2v) is 8.34. The molecule has 1 aliphatic rings. The number of nitrogens with one attached hydrogen (secondary N) is 1. The van der Waals surface area contributed by atoms with Crippen LogP contribution >= 0.6 is 0 Å². The van der Waals surface area contributed by atoms with E-state index in [4.69, 9.17) is 4.74 Å². The van der Waals surface area contributed by atoms with Gasteiger partial charge in [-0.2, -0.15) is 4.98 Å². The normalized spacial score (nSPS) is 14.4. The summed E-state index contributed by atoms with van der Waals surface area (Å²) in [6.45, 7) is 1.80. The standard InChI is InChI=1S/C19H22N4O4S/c1-28(25,26)13-7-10-20-17(24)16-14-21-19(23-11-5-6-12-23)22-18(16)27-15-8-3-2-4-9-15/h2-4,7-9,13-14H,5-6,10-12H2,1H3,(H,20,24)/b13-7+. The maximum absolute atomic E-state index is 12.5. The monoisotopic (exact) mass is 402 g/mol. The third kappa shape index (κ3) is 5.53. The van der Waals surface area contributed by atoms with E-state index in [1.807, 2.05) is 23.1 Å². The summed E-state index contributed by atoms with van der Waals surface area (Å²) >= 11 is 0.